The van der Waals surface area contributed by atoms with Crippen LogP contribution in [0.4, 0.5) is 0 Å². The Hall–Kier alpha value is -2.09. The fourth-order valence-corrected chi connectivity index (χ4v) is 1.77. The highest BCUT2D eigenvalue weighted by Gasteiger charge is 2.33. The third kappa shape index (κ3) is 2.59. The van der Waals surface area contributed by atoms with E-state index >= 15 is 0 Å². The second-order valence-electron chi connectivity index (χ2n) is 4.63. The van der Waals surface area contributed by atoms with Crippen molar-refractivity contribution in [3.8, 4) is 11.9 Å². The third-order valence-electron chi connectivity index (χ3n) is 2.80. The van der Waals surface area contributed by atoms with E-state index in [2.05, 4.69) is 4.98 Å². The SMILES string of the molecule is CC(C)C(=O)N1CC(Oc2cc(C#N)ccn2)C1. The van der Waals surface area contributed by atoms with Crippen LogP contribution in [0.3, 0.4) is 0 Å². The number of hydrogen-bond acceptors (Lipinski definition) is 4. The van der Waals surface area contributed by atoms with E-state index in [0.29, 0.717) is 24.5 Å². The van der Waals surface area contributed by atoms with E-state index < -0.39 is 0 Å². The van der Waals surface area contributed by atoms with E-state index in [-0.39, 0.29) is 17.9 Å². The highest BCUT2D eigenvalue weighted by atomic mass is 16.5. The number of nitriles is 1. The maximum Gasteiger partial charge on any atom is 0.225 e. The van der Waals surface area contributed by atoms with Crippen molar-refractivity contribution in [2.75, 3.05) is 13.1 Å². The molecule has 1 aliphatic rings. The molecular weight excluding hydrogens is 230 g/mol. The van der Waals surface area contributed by atoms with Gasteiger partial charge in [0.2, 0.25) is 11.8 Å². The molecule has 1 aliphatic heterocycles. The first-order chi connectivity index (χ1) is 8.60. The lowest BCUT2D eigenvalue weighted by Gasteiger charge is -2.39. The van der Waals surface area contributed by atoms with Crippen LogP contribution in [0.2, 0.25) is 0 Å². The summed E-state index contributed by atoms with van der Waals surface area (Å²) in [7, 11) is 0. The molecular formula is C13H15N3O2. The molecule has 1 aromatic rings. The van der Waals surface area contributed by atoms with Gasteiger partial charge in [-0.15, -0.1) is 0 Å². The highest BCUT2D eigenvalue weighted by Crippen LogP contribution is 2.18. The van der Waals surface area contributed by atoms with E-state index in [1.54, 1.807) is 23.2 Å². The van der Waals surface area contributed by atoms with E-state index in [0.717, 1.165) is 0 Å². The summed E-state index contributed by atoms with van der Waals surface area (Å²) in [5.41, 5.74) is 0.523. The van der Waals surface area contributed by atoms with Crippen LogP contribution in [-0.4, -0.2) is 35.0 Å². The smallest absolute Gasteiger partial charge is 0.225 e. The molecule has 1 aromatic heterocycles. The second-order valence-corrected chi connectivity index (χ2v) is 4.63. The summed E-state index contributed by atoms with van der Waals surface area (Å²) in [6.07, 6.45) is 1.53. The number of ether oxygens (including phenoxy) is 1. The number of carbonyl (C=O) groups excluding carboxylic acids is 1. The molecule has 0 atom stereocenters. The number of rotatable bonds is 3. The molecule has 0 spiro atoms. The van der Waals surface area contributed by atoms with Gasteiger partial charge in [0.05, 0.1) is 24.7 Å². The van der Waals surface area contributed by atoms with Crippen molar-refractivity contribution < 1.29 is 9.53 Å². The van der Waals surface area contributed by atoms with E-state index in [4.69, 9.17) is 10.00 Å². The monoisotopic (exact) mass is 245 g/mol. The molecule has 0 saturated carbocycles. The molecule has 18 heavy (non-hydrogen) atoms. The molecule has 2 rings (SSSR count). The lowest BCUT2D eigenvalue weighted by atomic mass is 10.1. The van der Waals surface area contributed by atoms with Crippen LogP contribution in [0.1, 0.15) is 19.4 Å². The van der Waals surface area contributed by atoms with Crippen LogP contribution in [-0.2, 0) is 4.79 Å². The fraction of sp³-hybridized carbons (Fsp3) is 0.462. The number of nitrogens with zero attached hydrogens (tertiary/aromatic N) is 3. The molecule has 1 fully saturated rings. The second kappa shape index (κ2) is 5.05. The van der Waals surface area contributed by atoms with Crippen molar-refractivity contribution in [3.05, 3.63) is 23.9 Å². The molecule has 0 N–H and O–H groups in total. The average molecular weight is 245 g/mol. The van der Waals surface area contributed by atoms with Gasteiger partial charge in [0, 0.05) is 18.2 Å². The van der Waals surface area contributed by atoms with Gasteiger partial charge in [-0.05, 0) is 6.07 Å². The van der Waals surface area contributed by atoms with Crippen molar-refractivity contribution in [1.82, 2.24) is 9.88 Å². The van der Waals surface area contributed by atoms with Gasteiger partial charge in [0.25, 0.3) is 0 Å². The first kappa shape index (κ1) is 12.4. The number of pyridine rings is 1. The largest absolute Gasteiger partial charge is 0.471 e. The Bertz CT molecular complexity index is 487. The summed E-state index contributed by atoms with van der Waals surface area (Å²) < 4.78 is 5.60. The average Bonchev–Trinajstić information content (AvgIpc) is 2.32. The number of amides is 1. The minimum absolute atomic E-state index is 0.0193. The van der Waals surface area contributed by atoms with Crippen LogP contribution in [0.15, 0.2) is 18.3 Å². The van der Waals surface area contributed by atoms with Gasteiger partial charge in [0.15, 0.2) is 0 Å². The van der Waals surface area contributed by atoms with Gasteiger partial charge in [-0.25, -0.2) is 4.98 Å². The Morgan fingerprint density at radius 2 is 2.33 bits per heavy atom. The van der Waals surface area contributed by atoms with Crippen molar-refractivity contribution in [3.63, 3.8) is 0 Å². The Labute approximate surface area is 106 Å². The quantitative estimate of drug-likeness (QED) is 0.802. The molecule has 0 aromatic carbocycles. The minimum Gasteiger partial charge on any atom is -0.471 e. The zero-order valence-corrected chi connectivity index (χ0v) is 10.5. The number of carbonyl (C=O) groups is 1. The van der Waals surface area contributed by atoms with Crippen LogP contribution in [0, 0.1) is 17.2 Å². The van der Waals surface area contributed by atoms with Crippen LogP contribution < -0.4 is 4.74 Å². The van der Waals surface area contributed by atoms with Gasteiger partial charge >= 0.3 is 0 Å². The summed E-state index contributed by atoms with van der Waals surface area (Å²) in [6.45, 7) is 4.95. The molecule has 0 aliphatic carbocycles. The third-order valence-corrected chi connectivity index (χ3v) is 2.80. The van der Waals surface area contributed by atoms with E-state index in [1.807, 2.05) is 19.9 Å². The summed E-state index contributed by atoms with van der Waals surface area (Å²) >= 11 is 0. The zero-order chi connectivity index (χ0) is 13.1. The summed E-state index contributed by atoms with van der Waals surface area (Å²) in [5, 5.41) is 8.76. The molecule has 1 amide bonds. The minimum atomic E-state index is -0.0193. The van der Waals surface area contributed by atoms with Crippen LogP contribution in [0.25, 0.3) is 0 Å². The normalized spacial score (nSPS) is 15.1. The van der Waals surface area contributed by atoms with Crippen LogP contribution >= 0.6 is 0 Å². The molecule has 5 heteroatoms. The molecule has 0 unspecified atom stereocenters. The molecule has 1 saturated heterocycles. The van der Waals surface area contributed by atoms with Crippen molar-refractivity contribution in [2.45, 2.75) is 20.0 Å². The Kier molecular flexibility index (Phi) is 3.47. The lowest BCUT2D eigenvalue weighted by molar-refractivity contribution is -0.143. The Morgan fingerprint density at radius 1 is 1.61 bits per heavy atom. The summed E-state index contributed by atoms with van der Waals surface area (Å²) in [4.78, 5) is 17.4. The first-order valence-corrected chi connectivity index (χ1v) is 5.91. The van der Waals surface area contributed by atoms with Gasteiger partial charge < -0.3 is 9.64 Å². The standard InChI is InChI=1S/C13H15N3O2/c1-9(2)13(17)16-7-11(8-16)18-12-5-10(6-14)3-4-15-12/h3-5,9,11H,7-8H2,1-2H3. The predicted molar refractivity (Wildman–Crippen MR) is 64.8 cm³/mol. The molecule has 5 nitrogen and oxygen atoms in total. The summed E-state index contributed by atoms with van der Waals surface area (Å²) in [6, 6.07) is 5.27. The highest BCUT2D eigenvalue weighted by molar-refractivity contribution is 5.79. The fourth-order valence-electron chi connectivity index (χ4n) is 1.77. The zero-order valence-electron chi connectivity index (χ0n) is 10.5. The van der Waals surface area contributed by atoms with Crippen molar-refractivity contribution in [1.29, 1.82) is 5.26 Å². The maximum absolute atomic E-state index is 11.6. The van der Waals surface area contributed by atoms with Crippen molar-refractivity contribution in [2.24, 2.45) is 5.92 Å². The van der Waals surface area contributed by atoms with E-state index in [1.165, 1.54) is 0 Å². The first-order valence-electron chi connectivity index (χ1n) is 5.91. The molecule has 94 valence electrons. The summed E-state index contributed by atoms with van der Waals surface area (Å²) in [5.74, 6) is 0.607. The maximum atomic E-state index is 11.6. The molecule has 0 bridgehead atoms. The molecule has 2 heterocycles. The predicted octanol–water partition coefficient (Wildman–Crippen LogP) is 1.20. The Morgan fingerprint density at radius 3 is 2.94 bits per heavy atom. The van der Waals surface area contributed by atoms with Gasteiger partial charge in [-0.3, -0.25) is 4.79 Å². The Balaban J connectivity index is 1.87. The number of aromatic nitrogens is 1. The van der Waals surface area contributed by atoms with Crippen molar-refractivity contribution >= 4 is 5.91 Å². The lowest BCUT2D eigenvalue weighted by Crippen LogP contribution is -2.57. The topological polar surface area (TPSA) is 66.2 Å². The molecule has 0 radical (unpaired) electrons. The van der Waals surface area contributed by atoms with Gasteiger partial charge in [0.1, 0.15) is 6.10 Å². The van der Waals surface area contributed by atoms with Gasteiger partial charge in [-0.1, -0.05) is 13.8 Å². The van der Waals surface area contributed by atoms with Gasteiger partial charge in [-0.2, -0.15) is 5.26 Å². The van der Waals surface area contributed by atoms with E-state index in [9.17, 15) is 4.79 Å². The number of hydrogen-bond donors (Lipinski definition) is 0. The van der Waals surface area contributed by atoms with Crippen LogP contribution in [0.5, 0.6) is 5.88 Å². The number of likely N-dealkylation sites (tertiary alicyclic amines) is 1.